The fraction of sp³-hybridized carbons (Fsp3) is 0.400. The van der Waals surface area contributed by atoms with Crippen LogP contribution in [0.15, 0.2) is 24.3 Å². The van der Waals surface area contributed by atoms with Crippen LogP contribution in [-0.4, -0.2) is 29.3 Å². The maximum atomic E-state index is 12.3. The van der Waals surface area contributed by atoms with Crippen molar-refractivity contribution in [1.29, 1.82) is 0 Å². The highest BCUT2D eigenvalue weighted by Gasteiger charge is 2.18. The van der Waals surface area contributed by atoms with Gasteiger partial charge in [-0.2, -0.15) is 0 Å². The largest absolute Gasteiger partial charge is 0.497 e. The number of aryl methyl sites for hydroxylation is 1. The summed E-state index contributed by atoms with van der Waals surface area (Å²) in [7, 11) is 1.62. The minimum absolute atomic E-state index is 0.114. The number of benzene rings is 1. The molecule has 7 heteroatoms. The average molecular weight is 320 g/mol. The molecule has 0 aliphatic heterocycles. The predicted octanol–water partition coefficient (Wildman–Crippen LogP) is 2.94. The first-order valence-electron chi connectivity index (χ1n) is 7.20. The van der Waals surface area contributed by atoms with Gasteiger partial charge in [0.2, 0.25) is 11.0 Å². The van der Waals surface area contributed by atoms with E-state index in [1.54, 1.807) is 7.11 Å². The minimum atomic E-state index is -0.331. The van der Waals surface area contributed by atoms with Crippen LogP contribution in [0.4, 0.5) is 10.8 Å². The van der Waals surface area contributed by atoms with Crippen molar-refractivity contribution in [3.8, 4) is 5.75 Å². The van der Waals surface area contributed by atoms with Gasteiger partial charge in [-0.1, -0.05) is 25.2 Å². The SMILES string of the molecule is CCc1nnc(NC(=O)C(CC)Nc2ccc(OC)cc2)s1. The molecule has 2 aromatic rings. The number of hydrogen-bond acceptors (Lipinski definition) is 6. The number of anilines is 2. The highest BCUT2D eigenvalue weighted by atomic mass is 32.1. The second-order valence-corrected chi connectivity index (χ2v) is 5.74. The van der Waals surface area contributed by atoms with Crippen LogP contribution in [-0.2, 0) is 11.2 Å². The third-order valence-electron chi connectivity index (χ3n) is 3.16. The number of rotatable bonds is 7. The van der Waals surface area contributed by atoms with E-state index in [9.17, 15) is 4.79 Å². The quantitative estimate of drug-likeness (QED) is 0.820. The Morgan fingerprint density at radius 3 is 2.55 bits per heavy atom. The standard InChI is InChI=1S/C15H20N4O2S/c1-4-12(16-10-6-8-11(21-3)9-7-10)14(20)17-15-19-18-13(5-2)22-15/h6-9,12,16H,4-5H2,1-3H3,(H,17,19,20). The molecule has 1 heterocycles. The van der Waals surface area contributed by atoms with Crippen molar-refractivity contribution in [2.24, 2.45) is 0 Å². The third kappa shape index (κ3) is 4.17. The van der Waals surface area contributed by atoms with Crippen LogP contribution < -0.4 is 15.4 Å². The predicted molar refractivity (Wildman–Crippen MR) is 88.6 cm³/mol. The molecule has 1 amide bonds. The van der Waals surface area contributed by atoms with Gasteiger partial charge in [0.15, 0.2) is 0 Å². The van der Waals surface area contributed by atoms with E-state index in [-0.39, 0.29) is 11.9 Å². The number of carbonyl (C=O) groups is 1. The number of amides is 1. The molecule has 0 saturated carbocycles. The van der Waals surface area contributed by atoms with Gasteiger partial charge in [-0.15, -0.1) is 10.2 Å². The van der Waals surface area contributed by atoms with E-state index in [2.05, 4.69) is 20.8 Å². The summed E-state index contributed by atoms with van der Waals surface area (Å²) >= 11 is 1.40. The Balaban J connectivity index is 1.98. The van der Waals surface area contributed by atoms with Gasteiger partial charge < -0.3 is 10.1 Å². The molecule has 0 spiro atoms. The Morgan fingerprint density at radius 2 is 2.00 bits per heavy atom. The van der Waals surface area contributed by atoms with Crippen molar-refractivity contribution in [3.63, 3.8) is 0 Å². The zero-order valence-electron chi connectivity index (χ0n) is 12.9. The second-order valence-electron chi connectivity index (χ2n) is 4.68. The number of nitrogens with one attached hydrogen (secondary N) is 2. The van der Waals surface area contributed by atoms with E-state index >= 15 is 0 Å². The molecule has 0 radical (unpaired) electrons. The Morgan fingerprint density at radius 1 is 1.27 bits per heavy atom. The van der Waals surface area contributed by atoms with Crippen molar-refractivity contribution < 1.29 is 9.53 Å². The fourth-order valence-electron chi connectivity index (χ4n) is 1.88. The molecular weight excluding hydrogens is 300 g/mol. The molecule has 0 fully saturated rings. The Hall–Kier alpha value is -2.15. The molecule has 1 unspecified atom stereocenters. The molecule has 1 atom stereocenters. The van der Waals surface area contributed by atoms with Gasteiger partial charge in [0.25, 0.3) is 0 Å². The van der Waals surface area contributed by atoms with Gasteiger partial charge in [-0.3, -0.25) is 10.1 Å². The molecule has 22 heavy (non-hydrogen) atoms. The first-order valence-corrected chi connectivity index (χ1v) is 8.01. The Labute approximate surface area is 133 Å². The lowest BCUT2D eigenvalue weighted by Gasteiger charge is -2.17. The van der Waals surface area contributed by atoms with Crippen molar-refractivity contribution in [3.05, 3.63) is 29.3 Å². The Bertz CT molecular complexity index is 612. The van der Waals surface area contributed by atoms with Gasteiger partial charge in [0, 0.05) is 5.69 Å². The highest BCUT2D eigenvalue weighted by Crippen LogP contribution is 2.18. The molecule has 1 aromatic carbocycles. The number of carbonyl (C=O) groups excluding carboxylic acids is 1. The van der Waals surface area contributed by atoms with Crippen LogP contribution in [0.25, 0.3) is 0 Å². The number of aromatic nitrogens is 2. The van der Waals surface area contributed by atoms with Gasteiger partial charge in [-0.05, 0) is 37.1 Å². The van der Waals surface area contributed by atoms with Gasteiger partial charge in [-0.25, -0.2) is 0 Å². The summed E-state index contributed by atoms with van der Waals surface area (Å²) in [5.74, 6) is 0.668. The first-order chi connectivity index (χ1) is 10.7. The van der Waals surface area contributed by atoms with E-state index in [1.807, 2.05) is 38.1 Å². The summed E-state index contributed by atoms with van der Waals surface area (Å²) in [6.45, 7) is 3.96. The van der Waals surface area contributed by atoms with Crippen LogP contribution in [0.2, 0.25) is 0 Å². The van der Waals surface area contributed by atoms with Crippen LogP contribution in [0.3, 0.4) is 0 Å². The molecule has 0 aliphatic carbocycles. The molecular formula is C15H20N4O2S. The average Bonchev–Trinajstić information content (AvgIpc) is 3.00. The number of hydrogen-bond donors (Lipinski definition) is 2. The maximum Gasteiger partial charge on any atom is 0.248 e. The van der Waals surface area contributed by atoms with Crippen LogP contribution >= 0.6 is 11.3 Å². The summed E-state index contributed by atoms with van der Waals surface area (Å²) in [5.41, 5.74) is 0.870. The van der Waals surface area contributed by atoms with Crippen molar-refractivity contribution >= 4 is 28.1 Å². The maximum absolute atomic E-state index is 12.3. The molecule has 0 bridgehead atoms. The Kier molecular flexibility index (Phi) is 5.71. The van der Waals surface area contributed by atoms with Crippen LogP contribution in [0.1, 0.15) is 25.3 Å². The van der Waals surface area contributed by atoms with E-state index in [4.69, 9.17) is 4.74 Å². The van der Waals surface area contributed by atoms with Crippen LogP contribution in [0, 0.1) is 0 Å². The molecule has 0 aliphatic rings. The summed E-state index contributed by atoms with van der Waals surface area (Å²) in [6, 6.07) is 7.14. The normalized spacial score (nSPS) is 11.8. The molecule has 6 nitrogen and oxygen atoms in total. The number of nitrogens with zero attached hydrogens (tertiary/aromatic N) is 2. The van der Waals surface area contributed by atoms with E-state index in [0.717, 1.165) is 22.9 Å². The van der Waals surface area contributed by atoms with E-state index in [0.29, 0.717) is 11.6 Å². The van der Waals surface area contributed by atoms with E-state index < -0.39 is 0 Å². The summed E-state index contributed by atoms with van der Waals surface area (Å²) in [6.07, 6.45) is 1.48. The van der Waals surface area contributed by atoms with Crippen molar-refractivity contribution in [1.82, 2.24) is 10.2 Å². The monoisotopic (exact) mass is 320 g/mol. The molecule has 2 N–H and O–H groups in total. The van der Waals surface area contributed by atoms with Gasteiger partial charge in [0.05, 0.1) is 7.11 Å². The van der Waals surface area contributed by atoms with Gasteiger partial charge >= 0.3 is 0 Å². The lowest BCUT2D eigenvalue weighted by molar-refractivity contribution is -0.117. The zero-order chi connectivity index (χ0) is 15.9. The summed E-state index contributed by atoms with van der Waals surface area (Å²) in [5, 5.41) is 15.4. The highest BCUT2D eigenvalue weighted by molar-refractivity contribution is 7.15. The topological polar surface area (TPSA) is 76.1 Å². The summed E-state index contributed by atoms with van der Waals surface area (Å²) < 4.78 is 5.12. The lowest BCUT2D eigenvalue weighted by atomic mass is 10.2. The molecule has 0 saturated heterocycles. The van der Waals surface area contributed by atoms with E-state index in [1.165, 1.54) is 11.3 Å². The second kappa shape index (κ2) is 7.74. The van der Waals surface area contributed by atoms with Crippen molar-refractivity contribution in [2.75, 3.05) is 17.7 Å². The van der Waals surface area contributed by atoms with Crippen molar-refractivity contribution in [2.45, 2.75) is 32.7 Å². The fourth-order valence-corrected chi connectivity index (χ4v) is 2.56. The number of ether oxygens (including phenoxy) is 1. The third-order valence-corrected chi connectivity index (χ3v) is 4.14. The smallest absolute Gasteiger partial charge is 0.248 e. The zero-order valence-corrected chi connectivity index (χ0v) is 13.7. The molecule has 2 rings (SSSR count). The molecule has 1 aromatic heterocycles. The number of methoxy groups -OCH3 is 1. The first kappa shape index (κ1) is 16.2. The summed E-state index contributed by atoms with van der Waals surface area (Å²) in [4.78, 5) is 12.3. The molecule has 118 valence electrons. The van der Waals surface area contributed by atoms with Crippen LogP contribution in [0.5, 0.6) is 5.75 Å². The minimum Gasteiger partial charge on any atom is -0.497 e. The lowest BCUT2D eigenvalue weighted by Crippen LogP contribution is -2.34. The van der Waals surface area contributed by atoms with Gasteiger partial charge in [0.1, 0.15) is 16.8 Å².